The van der Waals surface area contributed by atoms with Crippen molar-refractivity contribution in [1.29, 1.82) is 0 Å². The molecule has 17 heavy (non-hydrogen) atoms. The number of ether oxygens (including phenoxy) is 1. The first-order valence-electron chi connectivity index (χ1n) is 6.85. The van der Waals surface area contributed by atoms with Crippen LogP contribution in [0, 0.1) is 5.92 Å². The predicted molar refractivity (Wildman–Crippen MR) is 70.7 cm³/mol. The topological polar surface area (TPSA) is 21.3 Å². The normalized spacial score (nSPS) is 27.4. The Labute approximate surface area is 103 Å². The van der Waals surface area contributed by atoms with E-state index in [9.17, 15) is 0 Å². The van der Waals surface area contributed by atoms with Gasteiger partial charge in [-0.05, 0) is 61.8 Å². The van der Waals surface area contributed by atoms with Crippen molar-refractivity contribution in [3.05, 3.63) is 23.8 Å². The zero-order chi connectivity index (χ0) is 11.7. The van der Waals surface area contributed by atoms with Crippen molar-refractivity contribution in [2.45, 2.75) is 45.1 Å². The van der Waals surface area contributed by atoms with E-state index in [1.54, 1.807) is 0 Å². The standard InChI is InChI=1S/C15H21NO/c1-11-2-4-13(5-3-11)17-14-6-7-15-12(10-14)8-9-16-15/h6-7,10-11,13,16H,2-5,8-9H2,1H3. The highest BCUT2D eigenvalue weighted by molar-refractivity contribution is 5.57. The predicted octanol–water partition coefficient (Wildman–Crippen LogP) is 3.61. The van der Waals surface area contributed by atoms with Gasteiger partial charge in [0.25, 0.3) is 0 Å². The maximum atomic E-state index is 6.10. The third kappa shape index (κ3) is 2.41. The molecule has 2 heteroatoms. The number of fused-ring (bicyclic) bond motifs is 1. The molecule has 1 N–H and O–H groups in total. The first-order valence-corrected chi connectivity index (χ1v) is 6.85. The van der Waals surface area contributed by atoms with Gasteiger partial charge in [0.15, 0.2) is 0 Å². The summed E-state index contributed by atoms with van der Waals surface area (Å²) < 4.78 is 6.10. The highest BCUT2D eigenvalue weighted by Gasteiger charge is 2.20. The fourth-order valence-corrected chi connectivity index (χ4v) is 2.89. The first kappa shape index (κ1) is 10.9. The summed E-state index contributed by atoms with van der Waals surface area (Å²) in [6.45, 7) is 3.41. The van der Waals surface area contributed by atoms with E-state index in [-0.39, 0.29) is 0 Å². The zero-order valence-corrected chi connectivity index (χ0v) is 10.5. The van der Waals surface area contributed by atoms with Gasteiger partial charge in [-0.1, -0.05) is 6.92 Å². The summed E-state index contributed by atoms with van der Waals surface area (Å²) in [4.78, 5) is 0. The number of hydrogen-bond donors (Lipinski definition) is 1. The Bertz CT molecular complexity index is 394. The quantitative estimate of drug-likeness (QED) is 0.839. The average Bonchev–Trinajstić information content (AvgIpc) is 2.79. The lowest BCUT2D eigenvalue weighted by molar-refractivity contribution is 0.135. The summed E-state index contributed by atoms with van der Waals surface area (Å²) >= 11 is 0. The molecule has 0 aromatic heterocycles. The van der Waals surface area contributed by atoms with E-state index >= 15 is 0 Å². The van der Waals surface area contributed by atoms with E-state index in [0.29, 0.717) is 6.10 Å². The van der Waals surface area contributed by atoms with E-state index in [1.165, 1.54) is 36.9 Å². The molecule has 0 saturated heterocycles. The molecule has 1 aromatic carbocycles. The van der Waals surface area contributed by atoms with Gasteiger partial charge in [0.1, 0.15) is 5.75 Å². The van der Waals surface area contributed by atoms with Crippen LogP contribution < -0.4 is 10.1 Å². The van der Waals surface area contributed by atoms with Crippen LogP contribution >= 0.6 is 0 Å². The van der Waals surface area contributed by atoms with Gasteiger partial charge in [-0.3, -0.25) is 0 Å². The Morgan fingerprint density at radius 2 is 2.00 bits per heavy atom. The van der Waals surface area contributed by atoms with E-state index in [2.05, 4.69) is 30.4 Å². The lowest BCUT2D eigenvalue weighted by Gasteiger charge is -2.27. The summed E-state index contributed by atoms with van der Waals surface area (Å²) in [5.41, 5.74) is 2.70. The third-order valence-corrected chi connectivity index (χ3v) is 4.05. The van der Waals surface area contributed by atoms with Gasteiger partial charge < -0.3 is 10.1 Å². The molecule has 1 aliphatic carbocycles. The first-order chi connectivity index (χ1) is 8.31. The molecule has 1 aliphatic heterocycles. The third-order valence-electron chi connectivity index (χ3n) is 4.05. The highest BCUT2D eigenvalue weighted by Crippen LogP contribution is 2.30. The van der Waals surface area contributed by atoms with Crippen LogP contribution in [0.5, 0.6) is 5.75 Å². The van der Waals surface area contributed by atoms with Gasteiger partial charge in [-0.2, -0.15) is 0 Å². The van der Waals surface area contributed by atoms with Crippen molar-refractivity contribution in [2.75, 3.05) is 11.9 Å². The Hall–Kier alpha value is -1.18. The van der Waals surface area contributed by atoms with Crippen LogP contribution in [-0.2, 0) is 6.42 Å². The molecule has 1 heterocycles. The Morgan fingerprint density at radius 1 is 1.18 bits per heavy atom. The second-order valence-electron chi connectivity index (χ2n) is 5.50. The van der Waals surface area contributed by atoms with Gasteiger partial charge >= 0.3 is 0 Å². The second kappa shape index (κ2) is 4.59. The molecule has 0 amide bonds. The Kier molecular flexibility index (Phi) is 2.96. The molecule has 1 fully saturated rings. The SMILES string of the molecule is CC1CCC(Oc2ccc3c(c2)CCN3)CC1. The maximum Gasteiger partial charge on any atom is 0.120 e. The molecule has 1 saturated carbocycles. The molecule has 92 valence electrons. The minimum absolute atomic E-state index is 0.443. The molecule has 0 spiro atoms. The van der Waals surface area contributed by atoms with Crippen molar-refractivity contribution in [3.63, 3.8) is 0 Å². The van der Waals surface area contributed by atoms with Gasteiger partial charge in [0.05, 0.1) is 6.10 Å². The number of benzene rings is 1. The van der Waals surface area contributed by atoms with Crippen molar-refractivity contribution < 1.29 is 4.74 Å². The summed E-state index contributed by atoms with van der Waals surface area (Å²) in [7, 11) is 0. The lowest BCUT2D eigenvalue weighted by Crippen LogP contribution is -2.23. The molecule has 2 aliphatic rings. The van der Waals surface area contributed by atoms with E-state index in [0.717, 1.165) is 24.6 Å². The van der Waals surface area contributed by atoms with Crippen LogP contribution in [0.2, 0.25) is 0 Å². The van der Waals surface area contributed by atoms with Gasteiger partial charge in [0, 0.05) is 12.2 Å². The fraction of sp³-hybridized carbons (Fsp3) is 0.600. The summed E-state index contributed by atoms with van der Waals surface area (Å²) in [5.74, 6) is 1.95. The van der Waals surface area contributed by atoms with Crippen molar-refractivity contribution in [3.8, 4) is 5.75 Å². The zero-order valence-electron chi connectivity index (χ0n) is 10.5. The molecular weight excluding hydrogens is 210 g/mol. The van der Waals surface area contributed by atoms with Crippen LogP contribution in [0.3, 0.4) is 0 Å². The minimum atomic E-state index is 0.443. The smallest absolute Gasteiger partial charge is 0.120 e. The van der Waals surface area contributed by atoms with Crippen LogP contribution in [0.4, 0.5) is 5.69 Å². The minimum Gasteiger partial charge on any atom is -0.490 e. The number of rotatable bonds is 2. The van der Waals surface area contributed by atoms with E-state index < -0.39 is 0 Å². The van der Waals surface area contributed by atoms with Gasteiger partial charge in [0.2, 0.25) is 0 Å². The molecule has 1 aromatic rings. The summed E-state index contributed by atoms with van der Waals surface area (Å²) in [5, 5.41) is 3.38. The largest absolute Gasteiger partial charge is 0.490 e. The van der Waals surface area contributed by atoms with Crippen molar-refractivity contribution >= 4 is 5.69 Å². The molecule has 3 rings (SSSR count). The Balaban J connectivity index is 1.65. The molecule has 2 nitrogen and oxygen atoms in total. The van der Waals surface area contributed by atoms with Crippen LogP contribution in [0.25, 0.3) is 0 Å². The van der Waals surface area contributed by atoms with Gasteiger partial charge in [-0.15, -0.1) is 0 Å². The van der Waals surface area contributed by atoms with Crippen molar-refractivity contribution in [2.24, 2.45) is 5.92 Å². The molecule has 0 unspecified atom stereocenters. The maximum absolute atomic E-state index is 6.10. The second-order valence-corrected chi connectivity index (χ2v) is 5.50. The summed E-state index contributed by atoms with van der Waals surface area (Å²) in [6, 6.07) is 6.48. The molecular formula is C15H21NO. The number of nitrogens with one attached hydrogen (secondary N) is 1. The number of hydrogen-bond acceptors (Lipinski definition) is 2. The van der Waals surface area contributed by atoms with Crippen molar-refractivity contribution in [1.82, 2.24) is 0 Å². The molecule has 0 atom stereocenters. The van der Waals surface area contributed by atoms with Crippen LogP contribution in [0.15, 0.2) is 18.2 Å². The lowest BCUT2D eigenvalue weighted by atomic mass is 9.89. The highest BCUT2D eigenvalue weighted by atomic mass is 16.5. The Morgan fingerprint density at radius 3 is 2.82 bits per heavy atom. The monoisotopic (exact) mass is 231 g/mol. The fourth-order valence-electron chi connectivity index (χ4n) is 2.89. The van der Waals surface area contributed by atoms with E-state index in [1.807, 2.05) is 0 Å². The van der Waals surface area contributed by atoms with Crippen LogP contribution in [-0.4, -0.2) is 12.6 Å². The molecule has 0 bridgehead atoms. The van der Waals surface area contributed by atoms with Gasteiger partial charge in [-0.25, -0.2) is 0 Å². The molecule has 0 radical (unpaired) electrons. The van der Waals surface area contributed by atoms with E-state index in [4.69, 9.17) is 4.74 Å². The summed E-state index contributed by atoms with van der Waals surface area (Å²) in [6.07, 6.45) is 6.65. The van der Waals surface area contributed by atoms with Crippen LogP contribution in [0.1, 0.15) is 38.2 Å². The number of anilines is 1. The average molecular weight is 231 g/mol.